The van der Waals surface area contributed by atoms with E-state index in [2.05, 4.69) is 5.32 Å². The van der Waals surface area contributed by atoms with E-state index in [1.54, 1.807) is 6.07 Å². The van der Waals surface area contributed by atoms with E-state index in [4.69, 9.17) is 21.8 Å². The monoisotopic (exact) mass is 306 g/mol. The van der Waals surface area contributed by atoms with Crippen molar-refractivity contribution in [1.29, 1.82) is 0 Å². The fourth-order valence-electron chi connectivity index (χ4n) is 2.16. The first-order valence-corrected chi connectivity index (χ1v) is 7.23. The summed E-state index contributed by atoms with van der Waals surface area (Å²) >= 11 is 6.23. The van der Waals surface area contributed by atoms with Gasteiger partial charge < -0.3 is 15.5 Å². The van der Waals surface area contributed by atoms with Gasteiger partial charge in [0.05, 0.1) is 18.2 Å². The molecule has 0 aliphatic carbocycles. The number of halogens is 1. The van der Waals surface area contributed by atoms with E-state index in [0.29, 0.717) is 16.3 Å². The van der Waals surface area contributed by atoms with Crippen LogP contribution in [0.25, 0.3) is 0 Å². The van der Waals surface area contributed by atoms with Gasteiger partial charge in [-0.15, -0.1) is 0 Å². The Bertz CT molecular complexity index is 622. The van der Waals surface area contributed by atoms with Crippen LogP contribution in [0.15, 0.2) is 41.0 Å². The Hall–Kier alpha value is -1.78. The van der Waals surface area contributed by atoms with Crippen LogP contribution in [-0.2, 0) is 6.54 Å². The van der Waals surface area contributed by atoms with E-state index < -0.39 is 0 Å². The first-order valence-electron chi connectivity index (χ1n) is 6.85. The van der Waals surface area contributed by atoms with Crippen LogP contribution in [0.2, 0.25) is 5.02 Å². The molecule has 21 heavy (non-hydrogen) atoms. The fourth-order valence-corrected chi connectivity index (χ4v) is 2.42. The van der Waals surface area contributed by atoms with Gasteiger partial charge in [-0.3, -0.25) is 4.79 Å². The lowest BCUT2D eigenvalue weighted by atomic mass is 9.95. The van der Waals surface area contributed by atoms with Crippen LogP contribution in [-0.4, -0.2) is 5.91 Å². The first kappa shape index (κ1) is 15.6. The summed E-state index contributed by atoms with van der Waals surface area (Å²) in [5.41, 5.74) is 6.85. The average molecular weight is 307 g/mol. The number of hydrogen-bond donors (Lipinski definition) is 2. The molecule has 112 valence electrons. The number of benzene rings is 1. The normalized spacial score (nSPS) is 12.4. The van der Waals surface area contributed by atoms with E-state index in [9.17, 15) is 4.79 Å². The summed E-state index contributed by atoms with van der Waals surface area (Å²) in [6.45, 7) is 4.34. The number of hydrogen-bond acceptors (Lipinski definition) is 3. The summed E-state index contributed by atoms with van der Waals surface area (Å²) in [4.78, 5) is 12.3. The number of amides is 1. The number of nitrogens with one attached hydrogen (secondary N) is 1. The molecule has 2 rings (SSSR count). The molecular weight excluding hydrogens is 288 g/mol. The van der Waals surface area contributed by atoms with Gasteiger partial charge in [-0.25, -0.2) is 0 Å². The second kappa shape index (κ2) is 6.78. The molecule has 3 N–H and O–H groups in total. The molecule has 0 saturated carbocycles. The molecule has 0 spiro atoms. The van der Waals surface area contributed by atoms with E-state index in [0.717, 1.165) is 5.56 Å². The number of nitrogens with two attached hydrogens (primary N) is 1. The van der Waals surface area contributed by atoms with Crippen molar-refractivity contribution in [3.05, 3.63) is 58.5 Å². The number of rotatable bonds is 5. The Morgan fingerprint density at radius 3 is 2.67 bits per heavy atom. The summed E-state index contributed by atoms with van der Waals surface area (Å²) in [7, 11) is 0. The molecule has 1 aromatic carbocycles. The minimum Gasteiger partial charge on any atom is -0.467 e. The van der Waals surface area contributed by atoms with E-state index >= 15 is 0 Å². The lowest BCUT2D eigenvalue weighted by Gasteiger charge is -2.23. The highest BCUT2D eigenvalue weighted by Crippen LogP contribution is 2.28. The molecular formula is C16H19ClN2O2. The van der Waals surface area contributed by atoms with Crippen LogP contribution < -0.4 is 11.1 Å². The highest BCUT2D eigenvalue weighted by atomic mass is 35.5. The quantitative estimate of drug-likeness (QED) is 0.888. The molecule has 4 nitrogen and oxygen atoms in total. The lowest BCUT2D eigenvalue weighted by molar-refractivity contribution is 0.0925. The Morgan fingerprint density at radius 2 is 2.10 bits per heavy atom. The predicted octanol–water partition coefficient (Wildman–Crippen LogP) is 3.52. The number of carbonyl (C=O) groups excluding carboxylic acids is 1. The number of carbonyl (C=O) groups is 1. The van der Waals surface area contributed by atoms with Crippen molar-refractivity contribution < 1.29 is 9.21 Å². The molecule has 5 heteroatoms. The minimum atomic E-state index is -0.197. The second-order valence-electron chi connectivity index (χ2n) is 5.22. The predicted molar refractivity (Wildman–Crippen MR) is 83.1 cm³/mol. The van der Waals surface area contributed by atoms with Crippen molar-refractivity contribution in [2.24, 2.45) is 11.7 Å². The van der Waals surface area contributed by atoms with Crippen molar-refractivity contribution in [3.63, 3.8) is 0 Å². The zero-order valence-corrected chi connectivity index (χ0v) is 12.9. The van der Waals surface area contributed by atoms with E-state index in [1.165, 1.54) is 6.26 Å². The second-order valence-corrected chi connectivity index (χ2v) is 5.63. The smallest absolute Gasteiger partial charge is 0.255 e. The van der Waals surface area contributed by atoms with Crippen LogP contribution in [0.1, 0.15) is 41.6 Å². The molecule has 0 radical (unpaired) electrons. The standard InChI is InChI=1S/C16H19ClN2O2/c1-10(2)15(13-5-3-4-6-14(13)17)19-16(20)11-7-12(8-18)21-9-11/h3-7,9-10,15H,8,18H2,1-2H3,(H,19,20). The lowest BCUT2D eigenvalue weighted by Crippen LogP contribution is -2.31. The summed E-state index contributed by atoms with van der Waals surface area (Å²) < 4.78 is 5.19. The Kier molecular flexibility index (Phi) is 5.04. The Balaban J connectivity index is 2.21. The van der Waals surface area contributed by atoms with Gasteiger partial charge in [0.2, 0.25) is 0 Å². The van der Waals surface area contributed by atoms with Gasteiger partial charge >= 0.3 is 0 Å². The topological polar surface area (TPSA) is 68.3 Å². The average Bonchev–Trinajstić information content (AvgIpc) is 2.94. The van der Waals surface area contributed by atoms with Crippen LogP contribution in [0.4, 0.5) is 0 Å². The van der Waals surface area contributed by atoms with Gasteiger partial charge in [0.15, 0.2) is 0 Å². The third-order valence-electron chi connectivity index (χ3n) is 3.31. The van der Waals surface area contributed by atoms with Gasteiger partial charge in [0.25, 0.3) is 5.91 Å². The Morgan fingerprint density at radius 1 is 1.38 bits per heavy atom. The minimum absolute atomic E-state index is 0.164. The molecule has 1 unspecified atom stereocenters. The molecule has 0 fully saturated rings. The maximum Gasteiger partial charge on any atom is 0.255 e. The van der Waals surface area contributed by atoms with Crippen molar-refractivity contribution in [3.8, 4) is 0 Å². The molecule has 0 saturated heterocycles. The van der Waals surface area contributed by atoms with Gasteiger partial charge in [0, 0.05) is 5.02 Å². The molecule has 1 heterocycles. The van der Waals surface area contributed by atoms with E-state index in [1.807, 2.05) is 38.1 Å². The molecule has 1 atom stereocenters. The third-order valence-corrected chi connectivity index (χ3v) is 3.65. The molecule has 0 aliphatic heterocycles. The van der Waals surface area contributed by atoms with Crippen LogP contribution in [0.5, 0.6) is 0 Å². The van der Waals surface area contributed by atoms with Crippen molar-refractivity contribution in [1.82, 2.24) is 5.32 Å². The highest BCUT2D eigenvalue weighted by molar-refractivity contribution is 6.31. The van der Waals surface area contributed by atoms with Crippen LogP contribution >= 0.6 is 11.6 Å². The maximum absolute atomic E-state index is 12.3. The van der Waals surface area contributed by atoms with Crippen molar-refractivity contribution in [2.45, 2.75) is 26.4 Å². The highest BCUT2D eigenvalue weighted by Gasteiger charge is 2.22. The van der Waals surface area contributed by atoms with Gasteiger partial charge in [-0.1, -0.05) is 43.6 Å². The number of furan rings is 1. The summed E-state index contributed by atoms with van der Waals surface area (Å²) in [5, 5.41) is 3.65. The van der Waals surface area contributed by atoms with E-state index in [-0.39, 0.29) is 24.4 Å². The van der Waals surface area contributed by atoms with Crippen LogP contribution in [0, 0.1) is 5.92 Å². The fraction of sp³-hybridized carbons (Fsp3) is 0.312. The molecule has 2 aromatic rings. The zero-order chi connectivity index (χ0) is 15.4. The molecule has 1 aromatic heterocycles. The van der Waals surface area contributed by atoms with Gasteiger partial charge in [-0.2, -0.15) is 0 Å². The molecule has 0 aliphatic rings. The molecule has 1 amide bonds. The summed E-state index contributed by atoms with van der Waals surface area (Å²) in [6.07, 6.45) is 1.42. The van der Waals surface area contributed by atoms with Gasteiger partial charge in [0.1, 0.15) is 12.0 Å². The summed E-state index contributed by atoms with van der Waals surface area (Å²) in [5.74, 6) is 0.589. The van der Waals surface area contributed by atoms with Crippen LogP contribution in [0.3, 0.4) is 0 Å². The molecule has 0 bridgehead atoms. The third kappa shape index (κ3) is 3.65. The summed E-state index contributed by atoms with van der Waals surface area (Å²) in [6, 6.07) is 9.01. The first-order chi connectivity index (χ1) is 10.0. The maximum atomic E-state index is 12.3. The van der Waals surface area contributed by atoms with Crippen molar-refractivity contribution >= 4 is 17.5 Å². The van der Waals surface area contributed by atoms with Gasteiger partial charge in [-0.05, 0) is 23.6 Å². The Labute approximate surface area is 129 Å². The SMILES string of the molecule is CC(C)C(NC(=O)c1coc(CN)c1)c1ccccc1Cl. The van der Waals surface area contributed by atoms with Crippen molar-refractivity contribution in [2.75, 3.05) is 0 Å². The zero-order valence-electron chi connectivity index (χ0n) is 12.1. The largest absolute Gasteiger partial charge is 0.467 e.